The highest BCUT2D eigenvalue weighted by Gasteiger charge is 2.36. The van der Waals surface area contributed by atoms with Crippen molar-refractivity contribution in [1.82, 2.24) is 0 Å². The number of carbonyl (C=O) groups excluding carboxylic acids is 1. The van der Waals surface area contributed by atoms with Gasteiger partial charge in [0.1, 0.15) is 11.8 Å². The highest BCUT2D eigenvalue weighted by atomic mass is 16.4. The molecule has 0 aromatic rings. The lowest BCUT2D eigenvalue weighted by Crippen LogP contribution is -2.58. The molecule has 0 saturated carbocycles. The van der Waals surface area contributed by atoms with Gasteiger partial charge in [-0.15, -0.1) is 0 Å². The molecule has 2 N–H and O–H groups in total. The minimum absolute atomic E-state index is 0.172. The van der Waals surface area contributed by atoms with Crippen molar-refractivity contribution in [2.45, 2.75) is 66.2 Å². The Hall–Kier alpha value is -1.89. The normalized spacial score (nSPS) is 16.8. The first-order valence-electron chi connectivity index (χ1n) is 10.7. The van der Waals surface area contributed by atoms with Crippen molar-refractivity contribution in [1.29, 1.82) is 0 Å². The fourth-order valence-electron chi connectivity index (χ4n) is 3.82. The number of hydrogen-bond acceptors (Lipinski definition) is 4. The minimum atomic E-state index is -1.19. The average Bonchev–Trinajstić information content (AvgIpc) is 2.63. The Morgan fingerprint density at radius 2 is 1.31 bits per heavy atom. The summed E-state index contributed by atoms with van der Waals surface area (Å²) in [5.41, 5.74) is 0. The molecule has 0 fully saturated rings. The topological polar surface area (TPSA) is 115 Å². The van der Waals surface area contributed by atoms with E-state index in [4.69, 9.17) is 0 Å². The van der Waals surface area contributed by atoms with E-state index in [1.165, 1.54) is 0 Å². The Balaban J connectivity index is 5.24. The van der Waals surface area contributed by atoms with Crippen LogP contribution in [-0.2, 0) is 14.4 Å². The van der Waals surface area contributed by atoms with Crippen LogP contribution in [0.2, 0.25) is 0 Å². The molecular weight excluding hydrogens is 374 g/mol. The molecule has 0 spiro atoms. The number of rotatable bonds is 17. The van der Waals surface area contributed by atoms with E-state index in [-0.39, 0.29) is 24.1 Å². The zero-order chi connectivity index (χ0) is 22.4. The molecule has 0 aliphatic rings. The summed E-state index contributed by atoms with van der Waals surface area (Å²) in [6.45, 7) is 7.98. The van der Waals surface area contributed by atoms with E-state index in [0.29, 0.717) is 6.54 Å². The Labute approximate surface area is 175 Å². The van der Waals surface area contributed by atoms with E-state index in [9.17, 15) is 29.7 Å². The van der Waals surface area contributed by atoms with Gasteiger partial charge in [-0.3, -0.25) is 9.59 Å². The maximum Gasteiger partial charge on any atom is 0.311 e. The number of unbranched alkanes of at least 4 members (excludes halogenated alkanes) is 4. The van der Waals surface area contributed by atoms with Crippen LogP contribution in [0.4, 0.5) is 0 Å². The summed E-state index contributed by atoms with van der Waals surface area (Å²) in [6.07, 6.45) is 10.2. The maximum absolute atomic E-state index is 11.5. The van der Waals surface area contributed by atoms with Crippen molar-refractivity contribution in [3.05, 3.63) is 12.2 Å². The molecule has 0 radical (unpaired) electrons. The van der Waals surface area contributed by atoms with E-state index < -0.39 is 35.7 Å². The Kier molecular flexibility index (Phi) is 13.2. The molecule has 0 aromatic heterocycles. The molecule has 3 unspecified atom stereocenters. The van der Waals surface area contributed by atoms with Gasteiger partial charge >= 0.3 is 11.9 Å². The largest absolute Gasteiger partial charge is 0.550 e. The molecule has 7 nitrogen and oxygen atoms in total. The summed E-state index contributed by atoms with van der Waals surface area (Å²) in [4.78, 5) is 34.3. The van der Waals surface area contributed by atoms with Gasteiger partial charge in [0.15, 0.2) is 0 Å². The lowest BCUT2D eigenvalue weighted by Gasteiger charge is -2.43. The van der Waals surface area contributed by atoms with Crippen LogP contribution in [0.1, 0.15) is 66.2 Å². The number of carbonyl (C=O) groups is 3. The first kappa shape index (κ1) is 27.1. The van der Waals surface area contributed by atoms with Crippen LogP contribution < -0.4 is 5.11 Å². The highest BCUT2D eigenvalue weighted by molar-refractivity contribution is 5.70. The number of carboxylic acid groups (broad SMARTS) is 3. The summed E-state index contributed by atoms with van der Waals surface area (Å²) in [6, 6.07) is 0. The second-order valence-electron chi connectivity index (χ2n) is 8.39. The molecule has 0 bridgehead atoms. The van der Waals surface area contributed by atoms with E-state index in [1.54, 1.807) is 20.8 Å². The van der Waals surface area contributed by atoms with Crippen LogP contribution in [0.15, 0.2) is 12.2 Å². The lowest BCUT2D eigenvalue weighted by molar-refractivity contribution is -0.934. The Morgan fingerprint density at radius 1 is 0.828 bits per heavy atom. The molecule has 0 aliphatic heterocycles. The second kappa shape index (κ2) is 14.1. The number of carboxylic acids is 3. The molecular formula is C22H39NO6. The Bertz CT molecular complexity index is 490. The molecule has 29 heavy (non-hydrogen) atoms. The summed E-state index contributed by atoms with van der Waals surface area (Å²) >= 11 is 0. The van der Waals surface area contributed by atoms with Gasteiger partial charge in [0.2, 0.25) is 0 Å². The molecule has 0 saturated heterocycles. The number of allylic oxidation sites excluding steroid dienone is 2. The number of aliphatic carboxylic acids is 3. The second-order valence-corrected chi connectivity index (χ2v) is 8.39. The molecule has 7 heteroatoms. The summed E-state index contributed by atoms with van der Waals surface area (Å²) < 4.78 is 0.172. The molecule has 0 amide bonds. The first-order valence-corrected chi connectivity index (χ1v) is 10.7. The average molecular weight is 414 g/mol. The predicted octanol–water partition coefficient (Wildman–Crippen LogP) is 2.55. The van der Waals surface area contributed by atoms with Crippen molar-refractivity contribution in [3.63, 3.8) is 0 Å². The van der Waals surface area contributed by atoms with Crippen molar-refractivity contribution in [3.8, 4) is 0 Å². The molecule has 0 aliphatic carbocycles. The third-order valence-corrected chi connectivity index (χ3v) is 5.38. The van der Waals surface area contributed by atoms with E-state index in [2.05, 4.69) is 19.1 Å². The summed E-state index contributed by atoms with van der Waals surface area (Å²) in [5, 5.41) is 30.1. The van der Waals surface area contributed by atoms with Gasteiger partial charge in [0.05, 0.1) is 26.2 Å². The zero-order valence-electron chi connectivity index (χ0n) is 18.4. The minimum Gasteiger partial charge on any atom is -0.550 e. The standard InChI is InChI=1S/C22H39NO6/c1-5-6-7-8-9-10-11-12-13-23(14-17(2)20(24)25,15-18(3)21(26)27)16-19(4)22(28)29/h6-7,17-19H,5,8-16H2,1-4H3,(H2-,24,25,26,27,28,29)/b7-6+. The van der Waals surface area contributed by atoms with E-state index in [0.717, 1.165) is 38.5 Å². The monoisotopic (exact) mass is 413 g/mol. The molecule has 0 heterocycles. The lowest BCUT2D eigenvalue weighted by atomic mass is 10.0. The zero-order valence-corrected chi connectivity index (χ0v) is 18.4. The summed E-state index contributed by atoms with van der Waals surface area (Å²) in [7, 11) is 0. The quantitative estimate of drug-likeness (QED) is 0.215. The van der Waals surface area contributed by atoms with Gasteiger partial charge in [-0.05, 0) is 46.0 Å². The van der Waals surface area contributed by atoms with Crippen molar-refractivity contribution >= 4 is 17.9 Å². The highest BCUT2D eigenvalue weighted by Crippen LogP contribution is 2.21. The van der Waals surface area contributed by atoms with Crippen molar-refractivity contribution in [2.75, 3.05) is 26.2 Å². The van der Waals surface area contributed by atoms with Crippen LogP contribution >= 0.6 is 0 Å². The number of quaternary nitrogens is 1. The van der Waals surface area contributed by atoms with Crippen LogP contribution in [0.5, 0.6) is 0 Å². The maximum atomic E-state index is 11.5. The SMILES string of the molecule is CC/C=C/CCCCCC[N+](CC(C)C(=O)[O-])(CC(C)C(=O)O)CC(C)C(=O)O. The van der Waals surface area contributed by atoms with Gasteiger partial charge in [0.25, 0.3) is 0 Å². The van der Waals surface area contributed by atoms with Gasteiger partial charge in [-0.1, -0.05) is 32.4 Å². The van der Waals surface area contributed by atoms with Crippen molar-refractivity contribution < 1.29 is 34.2 Å². The van der Waals surface area contributed by atoms with Crippen LogP contribution in [0.25, 0.3) is 0 Å². The van der Waals surface area contributed by atoms with Gasteiger partial charge in [0, 0.05) is 11.9 Å². The van der Waals surface area contributed by atoms with Crippen LogP contribution in [0, 0.1) is 17.8 Å². The Morgan fingerprint density at radius 3 is 1.76 bits per heavy atom. The number of hydrogen-bond donors (Lipinski definition) is 2. The third kappa shape index (κ3) is 11.6. The number of nitrogens with zero attached hydrogens (tertiary/aromatic N) is 1. The van der Waals surface area contributed by atoms with Crippen LogP contribution in [0.3, 0.4) is 0 Å². The third-order valence-electron chi connectivity index (χ3n) is 5.38. The fourth-order valence-corrected chi connectivity index (χ4v) is 3.82. The molecule has 168 valence electrons. The predicted molar refractivity (Wildman–Crippen MR) is 110 cm³/mol. The van der Waals surface area contributed by atoms with Crippen LogP contribution in [-0.4, -0.2) is 58.8 Å². The van der Waals surface area contributed by atoms with Crippen molar-refractivity contribution in [2.24, 2.45) is 17.8 Å². The summed E-state index contributed by atoms with van der Waals surface area (Å²) in [5.74, 6) is -5.27. The van der Waals surface area contributed by atoms with E-state index in [1.807, 2.05) is 0 Å². The van der Waals surface area contributed by atoms with Gasteiger partial charge in [-0.25, -0.2) is 0 Å². The van der Waals surface area contributed by atoms with Gasteiger partial charge < -0.3 is 24.6 Å². The first-order chi connectivity index (χ1) is 13.5. The molecule has 0 aromatic carbocycles. The molecule has 0 rings (SSSR count). The molecule has 3 atom stereocenters. The van der Waals surface area contributed by atoms with Gasteiger partial charge in [-0.2, -0.15) is 0 Å². The smallest absolute Gasteiger partial charge is 0.311 e. The van der Waals surface area contributed by atoms with E-state index >= 15 is 0 Å². The fraction of sp³-hybridized carbons (Fsp3) is 0.773.